The molecule has 1 saturated heterocycles. The summed E-state index contributed by atoms with van der Waals surface area (Å²) in [6, 6.07) is 3.18. The third kappa shape index (κ3) is 3.59. The van der Waals surface area contributed by atoms with Crippen LogP contribution >= 0.6 is 0 Å². The molecule has 0 unspecified atom stereocenters. The molecule has 0 aromatic carbocycles. The molecule has 22 heavy (non-hydrogen) atoms. The minimum absolute atomic E-state index is 0.155. The molecule has 0 aliphatic carbocycles. The fourth-order valence-electron chi connectivity index (χ4n) is 2.89. The van der Waals surface area contributed by atoms with Crippen LogP contribution in [0.15, 0.2) is 28.0 Å². The smallest absolute Gasteiger partial charge is 0.251 e. The van der Waals surface area contributed by atoms with Crippen molar-refractivity contribution in [1.82, 2.24) is 13.8 Å². The standard InChI is InChI=1S/C15H25N3O3S/c1-4-13-7-5-6-10-17(13)12-18-11-14(8-9-15(18)19)22(20,21)16(2)3/h8-9,11,13H,4-7,10,12H2,1-3H3/t13-/m1/s1. The molecule has 0 bridgehead atoms. The van der Waals surface area contributed by atoms with E-state index < -0.39 is 10.0 Å². The number of likely N-dealkylation sites (tertiary alicyclic amines) is 1. The van der Waals surface area contributed by atoms with Gasteiger partial charge in [0.1, 0.15) is 0 Å². The number of nitrogens with zero attached hydrogens (tertiary/aromatic N) is 3. The summed E-state index contributed by atoms with van der Waals surface area (Å²) in [5.41, 5.74) is -0.168. The summed E-state index contributed by atoms with van der Waals surface area (Å²) in [7, 11) is -0.544. The molecule has 0 amide bonds. The summed E-state index contributed by atoms with van der Waals surface area (Å²) in [6.07, 6.45) is 5.99. The second-order valence-corrected chi connectivity index (χ2v) is 8.12. The fourth-order valence-corrected chi connectivity index (χ4v) is 3.81. The topological polar surface area (TPSA) is 62.6 Å². The van der Waals surface area contributed by atoms with E-state index in [9.17, 15) is 13.2 Å². The monoisotopic (exact) mass is 327 g/mol. The molecular weight excluding hydrogens is 302 g/mol. The Morgan fingerprint density at radius 3 is 2.64 bits per heavy atom. The van der Waals surface area contributed by atoms with E-state index in [4.69, 9.17) is 0 Å². The molecule has 1 fully saturated rings. The summed E-state index contributed by atoms with van der Waals surface area (Å²) in [4.78, 5) is 14.5. The van der Waals surface area contributed by atoms with Crippen molar-refractivity contribution in [2.24, 2.45) is 0 Å². The van der Waals surface area contributed by atoms with Gasteiger partial charge in [0.2, 0.25) is 10.0 Å². The molecule has 0 N–H and O–H groups in total. The van der Waals surface area contributed by atoms with Crippen molar-refractivity contribution in [3.8, 4) is 0 Å². The van der Waals surface area contributed by atoms with E-state index in [-0.39, 0.29) is 10.5 Å². The van der Waals surface area contributed by atoms with Crippen LogP contribution in [0.25, 0.3) is 0 Å². The van der Waals surface area contributed by atoms with E-state index in [1.54, 1.807) is 0 Å². The number of rotatable bonds is 5. The minimum atomic E-state index is -3.52. The molecule has 1 aliphatic rings. The average Bonchev–Trinajstić information content (AvgIpc) is 2.49. The highest BCUT2D eigenvalue weighted by molar-refractivity contribution is 7.89. The van der Waals surface area contributed by atoms with Crippen molar-refractivity contribution in [2.75, 3.05) is 20.6 Å². The van der Waals surface area contributed by atoms with Crippen LogP contribution in [0.4, 0.5) is 0 Å². The molecule has 0 radical (unpaired) electrons. The van der Waals surface area contributed by atoms with Crippen LogP contribution in [-0.2, 0) is 16.7 Å². The van der Waals surface area contributed by atoms with Crippen molar-refractivity contribution in [1.29, 1.82) is 0 Å². The fraction of sp³-hybridized carbons (Fsp3) is 0.667. The summed E-state index contributed by atoms with van der Waals surface area (Å²) in [5.74, 6) is 0. The van der Waals surface area contributed by atoms with Crippen molar-refractivity contribution < 1.29 is 8.42 Å². The molecule has 0 saturated carbocycles. The maximum atomic E-state index is 12.2. The van der Waals surface area contributed by atoms with Gasteiger partial charge in [-0.2, -0.15) is 0 Å². The number of pyridine rings is 1. The van der Waals surface area contributed by atoms with Crippen LogP contribution in [0.3, 0.4) is 0 Å². The van der Waals surface area contributed by atoms with Gasteiger partial charge in [0.05, 0.1) is 11.6 Å². The molecule has 1 aromatic rings. The first-order chi connectivity index (χ1) is 10.4. The maximum absolute atomic E-state index is 12.2. The van der Waals surface area contributed by atoms with E-state index >= 15 is 0 Å². The molecule has 1 atom stereocenters. The van der Waals surface area contributed by atoms with Crippen LogP contribution in [-0.4, -0.2) is 48.9 Å². The van der Waals surface area contributed by atoms with Gasteiger partial charge in [0.25, 0.3) is 5.56 Å². The average molecular weight is 327 g/mol. The van der Waals surface area contributed by atoms with Gasteiger partial charge in [-0.3, -0.25) is 9.69 Å². The summed E-state index contributed by atoms with van der Waals surface area (Å²) < 4.78 is 27.1. The molecule has 1 aromatic heterocycles. The molecule has 6 nitrogen and oxygen atoms in total. The van der Waals surface area contributed by atoms with E-state index in [0.717, 1.165) is 30.1 Å². The Balaban J connectivity index is 2.29. The first kappa shape index (κ1) is 17.2. The highest BCUT2D eigenvalue weighted by atomic mass is 32.2. The minimum Gasteiger partial charge on any atom is -0.301 e. The van der Waals surface area contributed by atoms with Gasteiger partial charge in [-0.25, -0.2) is 12.7 Å². The molecule has 124 valence electrons. The maximum Gasteiger partial charge on any atom is 0.251 e. The van der Waals surface area contributed by atoms with Crippen LogP contribution in [0.5, 0.6) is 0 Å². The Morgan fingerprint density at radius 1 is 1.27 bits per heavy atom. The van der Waals surface area contributed by atoms with Gasteiger partial charge in [-0.1, -0.05) is 13.3 Å². The molecular formula is C15H25N3O3S. The van der Waals surface area contributed by atoms with Crippen LogP contribution in [0.1, 0.15) is 32.6 Å². The number of piperidine rings is 1. The molecule has 2 heterocycles. The van der Waals surface area contributed by atoms with Gasteiger partial charge < -0.3 is 4.57 Å². The Morgan fingerprint density at radius 2 is 2.00 bits per heavy atom. The second kappa shape index (κ2) is 6.93. The first-order valence-electron chi connectivity index (χ1n) is 7.73. The van der Waals surface area contributed by atoms with Crippen molar-refractivity contribution >= 4 is 10.0 Å². The molecule has 2 rings (SSSR count). The van der Waals surface area contributed by atoms with Gasteiger partial charge in [0.15, 0.2) is 0 Å². The Labute approximate surface area is 132 Å². The lowest BCUT2D eigenvalue weighted by atomic mass is 10.0. The number of hydrogen-bond acceptors (Lipinski definition) is 4. The zero-order valence-electron chi connectivity index (χ0n) is 13.5. The second-order valence-electron chi connectivity index (χ2n) is 5.97. The van der Waals surface area contributed by atoms with Crippen LogP contribution < -0.4 is 5.56 Å². The van der Waals surface area contributed by atoms with Gasteiger partial charge in [-0.15, -0.1) is 0 Å². The van der Waals surface area contributed by atoms with Crippen molar-refractivity contribution in [3.63, 3.8) is 0 Å². The lowest BCUT2D eigenvalue weighted by Gasteiger charge is -2.35. The lowest BCUT2D eigenvalue weighted by Crippen LogP contribution is -2.42. The predicted octanol–water partition coefficient (Wildman–Crippen LogP) is 1.32. The normalized spacial score (nSPS) is 20.5. The first-order valence-corrected chi connectivity index (χ1v) is 9.17. The van der Waals surface area contributed by atoms with Crippen LogP contribution in [0.2, 0.25) is 0 Å². The largest absolute Gasteiger partial charge is 0.301 e. The van der Waals surface area contributed by atoms with Gasteiger partial charge in [0, 0.05) is 38.9 Å². The van der Waals surface area contributed by atoms with Crippen LogP contribution in [0, 0.1) is 0 Å². The highest BCUT2D eigenvalue weighted by Gasteiger charge is 2.22. The van der Waals surface area contributed by atoms with Gasteiger partial charge in [-0.05, 0) is 25.3 Å². The molecule has 0 spiro atoms. The SMILES string of the molecule is CC[C@@H]1CCCCN1Cn1cc(S(=O)(=O)N(C)C)ccc1=O. The third-order valence-electron chi connectivity index (χ3n) is 4.29. The predicted molar refractivity (Wildman–Crippen MR) is 86.2 cm³/mol. The summed E-state index contributed by atoms with van der Waals surface area (Å²) in [6.45, 7) is 3.56. The van der Waals surface area contributed by atoms with E-state index in [1.165, 1.54) is 43.4 Å². The zero-order valence-corrected chi connectivity index (χ0v) is 14.3. The summed E-state index contributed by atoms with van der Waals surface area (Å²) in [5, 5.41) is 0. The molecule has 1 aliphatic heterocycles. The Kier molecular flexibility index (Phi) is 5.41. The van der Waals surface area contributed by atoms with E-state index in [1.807, 2.05) is 0 Å². The van der Waals surface area contributed by atoms with E-state index in [0.29, 0.717) is 12.7 Å². The van der Waals surface area contributed by atoms with Gasteiger partial charge >= 0.3 is 0 Å². The number of sulfonamides is 1. The highest BCUT2D eigenvalue weighted by Crippen LogP contribution is 2.20. The Bertz CT molecular complexity index is 667. The zero-order chi connectivity index (χ0) is 16.3. The number of aromatic nitrogens is 1. The quantitative estimate of drug-likeness (QED) is 0.818. The number of hydrogen-bond donors (Lipinski definition) is 0. The van der Waals surface area contributed by atoms with Crippen molar-refractivity contribution in [3.05, 3.63) is 28.7 Å². The van der Waals surface area contributed by atoms with E-state index in [2.05, 4.69) is 11.8 Å². The lowest BCUT2D eigenvalue weighted by molar-refractivity contribution is 0.105. The van der Waals surface area contributed by atoms with Crippen molar-refractivity contribution in [2.45, 2.75) is 50.2 Å². The Hall–Kier alpha value is -1.18. The molecule has 7 heteroatoms. The third-order valence-corrected chi connectivity index (χ3v) is 6.09. The summed E-state index contributed by atoms with van der Waals surface area (Å²) >= 11 is 0.